The van der Waals surface area contributed by atoms with Crippen molar-refractivity contribution in [2.45, 2.75) is 57.9 Å². The lowest BCUT2D eigenvalue weighted by molar-refractivity contribution is -0.180. The molecule has 2 heterocycles. The van der Waals surface area contributed by atoms with E-state index < -0.39 is 11.6 Å². The van der Waals surface area contributed by atoms with Gasteiger partial charge in [-0.05, 0) is 60.7 Å². The third kappa shape index (κ3) is 7.25. The fourth-order valence-corrected chi connectivity index (χ4v) is 4.94. The average molecular weight is 540 g/mol. The molecule has 1 aromatic heterocycles. The minimum absolute atomic E-state index is 0.0460. The maximum absolute atomic E-state index is 13.4. The molecule has 0 bridgehead atoms. The number of rotatable bonds is 9. The van der Waals surface area contributed by atoms with E-state index in [1.54, 1.807) is 36.7 Å². The van der Waals surface area contributed by atoms with Gasteiger partial charge in [0.2, 0.25) is 0 Å². The van der Waals surface area contributed by atoms with E-state index in [1.165, 1.54) is 13.8 Å². The molecule has 1 fully saturated rings. The zero-order chi connectivity index (χ0) is 28.0. The van der Waals surface area contributed by atoms with Gasteiger partial charge >= 0.3 is 12.1 Å². The van der Waals surface area contributed by atoms with E-state index in [-0.39, 0.29) is 17.6 Å². The standard InChI is InChI=1S/C31H36F3N3O2/c1-4-39-29(38)19-28-22-36(17-18-37(28)21-24-13-15-35-16-14-24)20-23-5-7-25(8-6-23)26-9-11-27(12-10-26)30(2,3)31(32,33)34/h5-16,28H,4,17-22H2,1-3H3/t28-/m1/s1. The number of hydrogen-bond donors (Lipinski definition) is 0. The highest BCUT2D eigenvalue weighted by molar-refractivity contribution is 5.70. The maximum Gasteiger partial charge on any atom is 0.397 e. The number of nitrogens with zero attached hydrogens (tertiary/aromatic N) is 3. The normalized spacial score (nSPS) is 17.2. The van der Waals surface area contributed by atoms with Crippen LogP contribution in [0.15, 0.2) is 73.1 Å². The van der Waals surface area contributed by atoms with Crippen molar-refractivity contribution in [2.75, 3.05) is 26.2 Å². The topological polar surface area (TPSA) is 45.7 Å². The van der Waals surface area contributed by atoms with Crippen LogP contribution < -0.4 is 0 Å². The Morgan fingerprint density at radius 2 is 1.49 bits per heavy atom. The second-order valence-electron chi connectivity index (χ2n) is 10.6. The molecule has 4 rings (SSSR count). The molecule has 0 N–H and O–H groups in total. The van der Waals surface area contributed by atoms with Crippen LogP contribution in [0, 0.1) is 0 Å². The Morgan fingerprint density at radius 3 is 2.08 bits per heavy atom. The van der Waals surface area contributed by atoms with Gasteiger partial charge in [0, 0.05) is 51.2 Å². The molecule has 1 aliphatic heterocycles. The Balaban J connectivity index is 1.40. The van der Waals surface area contributed by atoms with Crippen molar-refractivity contribution in [3.63, 3.8) is 0 Å². The Labute approximate surface area is 228 Å². The molecule has 0 saturated carbocycles. The van der Waals surface area contributed by atoms with Crippen molar-refractivity contribution in [3.8, 4) is 11.1 Å². The van der Waals surface area contributed by atoms with Gasteiger partial charge in [0.1, 0.15) is 0 Å². The molecule has 8 heteroatoms. The Morgan fingerprint density at radius 1 is 0.897 bits per heavy atom. The third-order valence-corrected chi connectivity index (χ3v) is 7.54. The summed E-state index contributed by atoms with van der Waals surface area (Å²) in [6.45, 7) is 8.57. The number of aromatic nitrogens is 1. The number of carbonyl (C=O) groups excluding carboxylic acids is 1. The van der Waals surface area contributed by atoms with E-state index in [9.17, 15) is 18.0 Å². The fraction of sp³-hybridized carbons (Fsp3) is 0.419. The zero-order valence-electron chi connectivity index (χ0n) is 22.7. The van der Waals surface area contributed by atoms with Crippen LogP contribution in [0.3, 0.4) is 0 Å². The molecule has 1 atom stereocenters. The molecule has 2 aromatic carbocycles. The highest BCUT2D eigenvalue weighted by Gasteiger charge is 2.48. The number of halogens is 3. The number of ether oxygens (including phenoxy) is 1. The Kier molecular flexibility index (Phi) is 9.08. The van der Waals surface area contributed by atoms with Gasteiger partial charge in [0.05, 0.1) is 18.4 Å². The van der Waals surface area contributed by atoms with E-state index in [4.69, 9.17) is 4.74 Å². The minimum atomic E-state index is -4.31. The molecule has 0 unspecified atom stereocenters. The molecular weight excluding hydrogens is 503 g/mol. The van der Waals surface area contributed by atoms with E-state index in [0.29, 0.717) is 13.0 Å². The number of pyridine rings is 1. The number of carbonyl (C=O) groups is 1. The summed E-state index contributed by atoms with van der Waals surface area (Å²) >= 11 is 0. The molecule has 3 aromatic rings. The molecule has 208 valence electrons. The first-order chi connectivity index (χ1) is 18.6. The number of alkyl halides is 3. The maximum atomic E-state index is 13.4. The van der Waals surface area contributed by atoms with Crippen LogP contribution in [-0.2, 0) is 28.0 Å². The van der Waals surface area contributed by atoms with Crippen LogP contribution in [0.2, 0.25) is 0 Å². The van der Waals surface area contributed by atoms with Gasteiger partial charge in [0.25, 0.3) is 0 Å². The predicted octanol–water partition coefficient (Wildman–Crippen LogP) is 6.23. The third-order valence-electron chi connectivity index (χ3n) is 7.54. The molecule has 0 amide bonds. The van der Waals surface area contributed by atoms with Gasteiger partial charge in [-0.1, -0.05) is 48.5 Å². The molecule has 0 aliphatic carbocycles. The number of piperazine rings is 1. The van der Waals surface area contributed by atoms with Gasteiger partial charge in [-0.25, -0.2) is 0 Å². The van der Waals surface area contributed by atoms with Crippen molar-refractivity contribution >= 4 is 5.97 Å². The highest BCUT2D eigenvalue weighted by Crippen LogP contribution is 2.40. The summed E-state index contributed by atoms with van der Waals surface area (Å²) in [4.78, 5) is 21.1. The number of hydrogen-bond acceptors (Lipinski definition) is 5. The largest absolute Gasteiger partial charge is 0.466 e. The fourth-order valence-electron chi connectivity index (χ4n) is 4.94. The molecule has 1 aliphatic rings. The van der Waals surface area contributed by atoms with Crippen molar-refractivity contribution in [2.24, 2.45) is 0 Å². The van der Waals surface area contributed by atoms with Crippen molar-refractivity contribution in [1.29, 1.82) is 0 Å². The molecular formula is C31H36F3N3O2. The van der Waals surface area contributed by atoms with Gasteiger partial charge < -0.3 is 4.74 Å². The molecule has 0 radical (unpaired) electrons. The lowest BCUT2D eigenvalue weighted by Crippen LogP contribution is -2.53. The summed E-state index contributed by atoms with van der Waals surface area (Å²) in [7, 11) is 0. The lowest BCUT2D eigenvalue weighted by atomic mass is 9.83. The average Bonchev–Trinajstić information content (AvgIpc) is 2.91. The first kappa shape index (κ1) is 28.8. The number of benzene rings is 2. The SMILES string of the molecule is CCOC(=O)C[C@@H]1CN(Cc2ccc(-c3ccc(C(C)(C)C(F)(F)F)cc3)cc2)CCN1Cc1ccncc1. The predicted molar refractivity (Wildman–Crippen MR) is 146 cm³/mol. The smallest absolute Gasteiger partial charge is 0.397 e. The summed E-state index contributed by atoms with van der Waals surface area (Å²) in [6.07, 6.45) is -0.397. The molecule has 5 nitrogen and oxygen atoms in total. The Bertz CT molecular complexity index is 1210. The lowest BCUT2D eigenvalue weighted by Gasteiger charge is -2.41. The van der Waals surface area contributed by atoms with E-state index in [0.717, 1.165) is 55.0 Å². The van der Waals surface area contributed by atoms with Crippen LogP contribution >= 0.6 is 0 Å². The van der Waals surface area contributed by atoms with Crippen LogP contribution in [0.5, 0.6) is 0 Å². The van der Waals surface area contributed by atoms with Gasteiger partial charge in [-0.3, -0.25) is 19.6 Å². The minimum Gasteiger partial charge on any atom is -0.466 e. The highest BCUT2D eigenvalue weighted by atomic mass is 19.4. The molecule has 1 saturated heterocycles. The van der Waals surface area contributed by atoms with Gasteiger partial charge in [-0.15, -0.1) is 0 Å². The Hall–Kier alpha value is -3.23. The first-order valence-corrected chi connectivity index (χ1v) is 13.3. The summed E-state index contributed by atoms with van der Waals surface area (Å²) in [5, 5.41) is 0. The monoisotopic (exact) mass is 539 g/mol. The second-order valence-corrected chi connectivity index (χ2v) is 10.6. The first-order valence-electron chi connectivity index (χ1n) is 13.3. The van der Waals surface area contributed by atoms with Gasteiger partial charge in [-0.2, -0.15) is 13.2 Å². The van der Waals surface area contributed by atoms with Crippen molar-refractivity contribution < 1.29 is 22.7 Å². The van der Waals surface area contributed by atoms with Crippen LogP contribution in [-0.4, -0.2) is 59.2 Å². The summed E-state index contributed by atoms with van der Waals surface area (Å²) in [5.41, 5.74) is 2.49. The van der Waals surface area contributed by atoms with Crippen LogP contribution in [0.1, 0.15) is 43.9 Å². The number of esters is 1. The summed E-state index contributed by atoms with van der Waals surface area (Å²) < 4.78 is 45.4. The van der Waals surface area contributed by atoms with E-state index >= 15 is 0 Å². The summed E-state index contributed by atoms with van der Waals surface area (Å²) in [5.74, 6) is -0.182. The van der Waals surface area contributed by atoms with Crippen molar-refractivity contribution in [1.82, 2.24) is 14.8 Å². The second kappa shape index (κ2) is 12.3. The zero-order valence-corrected chi connectivity index (χ0v) is 22.7. The van der Waals surface area contributed by atoms with Crippen LogP contribution in [0.4, 0.5) is 13.2 Å². The quantitative estimate of drug-likeness (QED) is 0.302. The van der Waals surface area contributed by atoms with E-state index in [2.05, 4.69) is 26.9 Å². The van der Waals surface area contributed by atoms with Crippen molar-refractivity contribution in [3.05, 3.63) is 89.7 Å². The summed E-state index contributed by atoms with van der Waals surface area (Å²) in [6, 6.07) is 18.8. The van der Waals surface area contributed by atoms with E-state index in [1.807, 2.05) is 31.2 Å². The molecule has 0 spiro atoms. The van der Waals surface area contributed by atoms with Gasteiger partial charge in [0.15, 0.2) is 0 Å². The van der Waals surface area contributed by atoms with Crippen LogP contribution in [0.25, 0.3) is 11.1 Å². The molecule has 39 heavy (non-hydrogen) atoms.